The van der Waals surface area contributed by atoms with Gasteiger partial charge in [0.2, 0.25) is 15.9 Å². The number of anilines is 2. The molecule has 3 N–H and O–H groups in total. The largest absolute Gasteiger partial charge is 0.390 e. The normalized spacial score (nSPS) is 14.5. The van der Waals surface area contributed by atoms with Crippen molar-refractivity contribution in [2.75, 3.05) is 15.8 Å². The van der Waals surface area contributed by atoms with Crippen molar-refractivity contribution in [3.8, 4) is 11.1 Å². The number of hydrogen-bond acceptors (Lipinski definition) is 4. The Balaban J connectivity index is 1.52. The van der Waals surface area contributed by atoms with Gasteiger partial charge in [-0.1, -0.05) is 18.2 Å². The van der Waals surface area contributed by atoms with Gasteiger partial charge in [0, 0.05) is 17.0 Å². The van der Waals surface area contributed by atoms with Crippen molar-refractivity contribution in [1.29, 1.82) is 0 Å². The van der Waals surface area contributed by atoms with Crippen molar-refractivity contribution in [1.82, 2.24) is 10.2 Å². The van der Waals surface area contributed by atoms with E-state index in [1.807, 2.05) is 0 Å². The van der Waals surface area contributed by atoms with E-state index in [1.165, 1.54) is 6.07 Å². The van der Waals surface area contributed by atoms with E-state index < -0.39 is 28.4 Å². The van der Waals surface area contributed by atoms with E-state index in [0.29, 0.717) is 16.9 Å². The van der Waals surface area contributed by atoms with Crippen LogP contribution in [-0.2, 0) is 14.8 Å². The first kappa shape index (κ1) is 21.2. The average molecular weight is 452 g/mol. The Hall–Kier alpha value is -3.08. The average Bonchev–Trinajstić information content (AvgIpc) is 3.48. The fourth-order valence-electron chi connectivity index (χ4n) is 3.10. The minimum Gasteiger partial charge on any atom is -0.308 e. The van der Waals surface area contributed by atoms with Gasteiger partial charge in [-0.25, -0.2) is 8.42 Å². The van der Waals surface area contributed by atoms with Crippen molar-refractivity contribution in [3.05, 3.63) is 42.5 Å². The lowest BCUT2D eigenvalue weighted by molar-refractivity contribution is -0.130. The molecule has 4 rings (SSSR count). The first-order valence-corrected chi connectivity index (χ1v) is 11.2. The van der Waals surface area contributed by atoms with Crippen molar-refractivity contribution in [2.24, 2.45) is 5.92 Å². The third kappa shape index (κ3) is 5.35. The molecule has 1 aliphatic carbocycles. The summed E-state index contributed by atoms with van der Waals surface area (Å²) in [4.78, 5) is 12.0. The number of aromatic amines is 1. The van der Waals surface area contributed by atoms with E-state index in [0.717, 1.165) is 23.8 Å². The topological polar surface area (TPSA) is 104 Å². The molecule has 0 radical (unpaired) electrons. The van der Waals surface area contributed by atoms with Crippen LogP contribution in [0, 0.1) is 5.92 Å². The maximum Gasteiger partial charge on any atom is 0.390 e. The summed E-state index contributed by atoms with van der Waals surface area (Å²) in [6.07, 6.45) is -4.20. The van der Waals surface area contributed by atoms with Crippen LogP contribution in [0.1, 0.15) is 19.3 Å². The smallest absolute Gasteiger partial charge is 0.308 e. The SMILES string of the molecule is O=C(Nc1n[nH]c2cc(-c3cccc(NS(=O)(=O)CCC(F)(F)F)c3)ccc12)C1CC1. The second-order valence-electron chi connectivity index (χ2n) is 7.46. The number of carbonyl (C=O) groups is 1. The van der Waals surface area contributed by atoms with Gasteiger partial charge >= 0.3 is 6.18 Å². The van der Waals surface area contributed by atoms with Crippen molar-refractivity contribution >= 4 is 38.3 Å². The Morgan fingerprint density at radius 2 is 1.87 bits per heavy atom. The van der Waals surface area contributed by atoms with Crippen LogP contribution in [0.4, 0.5) is 24.7 Å². The number of nitrogens with one attached hydrogen (secondary N) is 3. The molecular formula is C20H19F3N4O3S. The van der Waals surface area contributed by atoms with Crippen molar-refractivity contribution < 1.29 is 26.4 Å². The summed E-state index contributed by atoms with van der Waals surface area (Å²) in [6, 6.07) is 11.7. The number of amides is 1. The van der Waals surface area contributed by atoms with Gasteiger partial charge in [-0.15, -0.1) is 0 Å². The van der Waals surface area contributed by atoms with Gasteiger partial charge in [0.15, 0.2) is 5.82 Å². The van der Waals surface area contributed by atoms with Gasteiger partial charge in [0.05, 0.1) is 17.7 Å². The molecule has 0 saturated heterocycles. The number of benzene rings is 2. The van der Waals surface area contributed by atoms with Gasteiger partial charge in [-0.3, -0.25) is 14.6 Å². The molecule has 1 heterocycles. The van der Waals surface area contributed by atoms with Crippen LogP contribution in [0.5, 0.6) is 0 Å². The number of nitrogens with zero attached hydrogens (tertiary/aromatic N) is 1. The van der Waals surface area contributed by atoms with Crippen LogP contribution in [0.25, 0.3) is 22.0 Å². The minimum absolute atomic E-state index is 0.0497. The Morgan fingerprint density at radius 1 is 1.13 bits per heavy atom. The van der Waals surface area contributed by atoms with Gasteiger partial charge in [-0.2, -0.15) is 18.3 Å². The molecule has 0 bridgehead atoms. The fraction of sp³-hybridized carbons (Fsp3) is 0.300. The van der Waals surface area contributed by atoms with Crippen LogP contribution in [0.3, 0.4) is 0 Å². The Morgan fingerprint density at radius 3 is 2.58 bits per heavy atom. The van der Waals surface area contributed by atoms with Gasteiger partial charge in [0.1, 0.15) is 0 Å². The highest BCUT2D eigenvalue weighted by atomic mass is 32.2. The summed E-state index contributed by atoms with van der Waals surface area (Å²) in [5.74, 6) is -0.600. The van der Waals surface area contributed by atoms with E-state index in [4.69, 9.17) is 0 Å². The number of H-pyrrole nitrogens is 1. The highest BCUT2D eigenvalue weighted by Crippen LogP contribution is 2.32. The maximum absolute atomic E-state index is 12.3. The fourth-order valence-corrected chi connectivity index (χ4v) is 4.19. The first-order valence-electron chi connectivity index (χ1n) is 9.56. The lowest BCUT2D eigenvalue weighted by Crippen LogP contribution is -2.21. The molecule has 0 aliphatic heterocycles. The number of halogens is 3. The summed E-state index contributed by atoms with van der Waals surface area (Å²) >= 11 is 0. The van der Waals surface area contributed by atoms with E-state index in [-0.39, 0.29) is 17.5 Å². The predicted octanol–water partition coefficient (Wildman–Crippen LogP) is 4.27. The zero-order valence-corrected chi connectivity index (χ0v) is 17.0. The van der Waals surface area contributed by atoms with Gasteiger partial charge in [0.25, 0.3) is 0 Å². The lowest BCUT2D eigenvalue weighted by atomic mass is 10.0. The molecule has 164 valence electrons. The lowest BCUT2D eigenvalue weighted by Gasteiger charge is -2.11. The van der Waals surface area contributed by atoms with E-state index in [9.17, 15) is 26.4 Å². The number of alkyl halides is 3. The molecule has 0 spiro atoms. The summed E-state index contributed by atoms with van der Waals surface area (Å²) in [6.45, 7) is 0. The molecule has 3 aromatic rings. The molecular weight excluding hydrogens is 433 g/mol. The third-order valence-corrected chi connectivity index (χ3v) is 6.16. The summed E-state index contributed by atoms with van der Waals surface area (Å²) in [5.41, 5.74) is 2.25. The zero-order valence-electron chi connectivity index (χ0n) is 16.2. The quantitative estimate of drug-likeness (QED) is 0.498. The molecule has 0 atom stereocenters. The van der Waals surface area contributed by atoms with Crippen molar-refractivity contribution in [3.63, 3.8) is 0 Å². The van der Waals surface area contributed by atoms with E-state index >= 15 is 0 Å². The summed E-state index contributed by atoms with van der Waals surface area (Å²) in [5, 5.41) is 10.6. The molecule has 1 fully saturated rings. The maximum atomic E-state index is 12.3. The Kier molecular flexibility index (Phi) is 5.38. The summed E-state index contributed by atoms with van der Waals surface area (Å²) < 4.78 is 63.1. The van der Waals surface area contributed by atoms with E-state index in [1.54, 1.807) is 36.4 Å². The van der Waals surface area contributed by atoms with Crippen molar-refractivity contribution in [2.45, 2.75) is 25.4 Å². The van der Waals surface area contributed by atoms with Crippen LogP contribution in [0.2, 0.25) is 0 Å². The molecule has 1 amide bonds. The monoisotopic (exact) mass is 452 g/mol. The minimum atomic E-state index is -4.55. The molecule has 1 aromatic heterocycles. The second kappa shape index (κ2) is 7.88. The number of fused-ring (bicyclic) bond motifs is 1. The standard InChI is InChI=1S/C20H19F3N4O3S/c21-20(22,23)8-9-31(29,30)27-15-3-1-2-13(10-15)14-6-7-16-17(11-14)25-26-18(16)24-19(28)12-4-5-12/h1-3,6-7,10-12,27H,4-5,8-9H2,(H2,24,25,26,28). The number of carbonyl (C=O) groups excluding carboxylic acids is 1. The number of sulfonamides is 1. The summed E-state index contributed by atoms with van der Waals surface area (Å²) in [7, 11) is -4.14. The molecule has 11 heteroatoms. The second-order valence-corrected chi connectivity index (χ2v) is 9.30. The van der Waals surface area contributed by atoms with Crippen LogP contribution < -0.4 is 10.0 Å². The van der Waals surface area contributed by atoms with E-state index in [2.05, 4.69) is 20.2 Å². The molecule has 7 nitrogen and oxygen atoms in total. The Bertz CT molecular complexity index is 1230. The zero-order chi connectivity index (χ0) is 22.2. The molecule has 1 aliphatic rings. The van der Waals surface area contributed by atoms with Crippen LogP contribution >= 0.6 is 0 Å². The third-order valence-electron chi connectivity index (χ3n) is 4.88. The molecule has 31 heavy (non-hydrogen) atoms. The number of rotatable bonds is 7. The Labute approximate surface area is 176 Å². The number of hydrogen-bond donors (Lipinski definition) is 3. The van der Waals surface area contributed by atoms with Gasteiger partial charge < -0.3 is 5.32 Å². The molecule has 0 unspecified atom stereocenters. The highest BCUT2D eigenvalue weighted by Gasteiger charge is 2.31. The van der Waals surface area contributed by atoms with Crippen LogP contribution in [-0.4, -0.2) is 36.5 Å². The van der Waals surface area contributed by atoms with Gasteiger partial charge in [-0.05, 0) is 48.2 Å². The van der Waals surface area contributed by atoms with Crippen LogP contribution in [0.15, 0.2) is 42.5 Å². The first-order chi connectivity index (χ1) is 14.6. The molecule has 1 saturated carbocycles. The number of aromatic nitrogens is 2. The molecule has 2 aromatic carbocycles. The predicted molar refractivity (Wildman–Crippen MR) is 111 cm³/mol. The highest BCUT2D eigenvalue weighted by molar-refractivity contribution is 7.92.